The van der Waals surface area contributed by atoms with Gasteiger partial charge in [0.25, 0.3) is 0 Å². The number of urea groups is 1. The van der Waals surface area contributed by atoms with Crippen LogP contribution in [0.2, 0.25) is 0 Å². The number of carbonyl (C=O) groups is 2. The monoisotopic (exact) mass is 426 g/mol. The number of aromatic nitrogens is 3. The molecule has 0 bridgehead atoms. The third-order valence-electron chi connectivity index (χ3n) is 4.52. The first-order valence-corrected chi connectivity index (χ1v) is 8.95. The lowest BCUT2D eigenvalue weighted by atomic mass is 10.0. The van der Waals surface area contributed by atoms with Gasteiger partial charge in [-0.2, -0.15) is 13.2 Å². The van der Waals surface area contributed by atoms with E-state index in [9.17, 15) is 27.2 Å². The molecule has 1 atom stereocenters. The van der Waals surface area contributed by atoms with Gasteiger partial charge in [0.1, 0.15) is 12.2 Å². The van der Waals surface area contributed by atoms with Crippen LogP contribution in [0.1, 0.15) is 19.5 Å². The summed E-state index contributed by atoms with van der Waals surface area (Å²) in [5.41, 5.74) is -1.01. The molecular formula is C18H18F4N6O2. The first-order valence-electron chi connectivity index (χ1n) is 8.95. The zero-order valence-electron chi connectivity index (χ0n) is 16.0. The summed E-state index contributed by atoms with van der Waals surface area (Å²) >= 11 is 0. The van der Waals surface area contributed by atoms with Crippen molar-refractivity contribution in [2.45, 2.75) is 26.1 Å². The molecule has 1 aliphatic heterocycles. The minimum absolute atomic E-state index is 0.0139. The van der Waals surface area contributed by atoms with Gasteiger partial charge in [0.15, 0.2) is 5.82 Å². The quantitative estimate of drug-likeness (QED) is 0.743. The van der Waals surface area contributed by atoms with E-state index >= 15 is 0 Å². The number of halogens is 4. The molecule has 0 aromatic carbocycles. The summed E-state index contributed by atoms with van der Waals surface area (Å²) in [6.07, 6.45) is -1.81. The van der Waals surface area contributed by atoms with E-state index in [-0.39, 0.29) is 36.7 Å². The maximum atomic E-state index is 13.1. The van der Waals surface area contributed by atoms with E-state index < -0.39 is 29.6 Å². The van der Waals surface area contributed by atoms with Gasteiger partial charge in [-0.3, -0.25) is 9.69 Å². The van der Waals surface area contributed by atoms with Crippen LogP contribution in [0.25, 0.3) is 0 Å². The lowest BCUT2D eigenvalue weighted by Gasteiger charge is -2.25. The number of hydrogen-bond donors (Lipinski definition) is 1. The second-order valence-corrected chi connectivity index (χ2v) is 7.01. The van der Waals surface area contributed by atoms with Crippen molar-refractivity contribution in [2.24, 2.45) is 5.92 Å². The van der Waals surface area contributed by atoms with Crippen LogP contribution in [0, 0.1) is 11.7 Å². The van der Waals surface area contributed by atoms with Crippen LogP contribution in [0.15, 0.2) is 30.7 Å². The van der Waals surface area contributed by atoms with Crippen LogP contribution in [0.4, 0.5) is 34.0 Å². The predicted molar refractivity (Wildman–Crippen MR) is 97.9 cm³/mol. The minimum Gasteiger partial charge on any atom is -0.323 e. The topological polar surface area (TPSA) is 91.3 Å². The Morgan fingerprint density at radius 2 is 1.87 bits per heavy atom. The number of nitrogens with one attached hydrogen (secondary N) is 1. The summed E-state index contributed by atoms with van der Waals surface area (Å²) in [4.78, 5) is 38.7. The van der Waals surface area contributed by atoms with Crippen LogP contribution in [-0.4, -0.2) is 50.9 Å². The van der Waals surface area contributed by atoms with Gasteiger partial charge in [-0.25, -0.2) is 24.1 Å². The number of nitrogens with zero attached hydrogens (tertiary/aromatic N) is 5. The Morgan fingerprint density at radius 1 is 1.20 bits per heavy atom. The van der Waals surface area contributed by atoms with Gasteiger partial charge in [-0.15, -0.1) is 0 Å². The Hall–Kier alpha value is -3.31. The van der Waals surface area contributed by atoms with Crippen molar-refractivity contribution in [3.8, 4) is 0 Å². The van der Waals surface area contributed by atoms with Gasteiger partial charge < -0.3 is 10.2 Å². The second kappa shape index (κ2) is 8.20. The fraction of sp³-hybridized carbons (Fsp3) is 0.389. The van der Waals surface area contributed by atoms with E-state index in [0.717, 1.165) is 30.7 Å². The summed E-state index contributed by atoms with van der Waals surface area (Å²) in [6.45, 7) is 3.62. The molecule has 1 N–H and O–H groups in total. The highest BCUT2D eigenvalue weighted by Gasteiger charge is 2.41. The first-order chi connectivity index (χ1) is 14.1. The molecule has 2 aromatic heterocycles. The smallest absolute Gasteiger partial charge is 0.323 e. The number of rotatable bonds is 5. The molecule has 1 fully saturated rings. The minimum atomic E-state index is -4.58. The highest BCUT2D eigenvalue weighted by Crippen LogP contribution is 2.28. The van der Waals surface area contributed by atoms with E-state index in [2.05, 4.69) is 20.3 Å². The lowest BCUT2D eigenvalue weighted by Crippen LogP contribution is -2.42. The van der Waals surface area contributed by atoms with Gasteiger partial charge in [-0.05, 0) is 18.1 Å². The molecule has 3 rings (SSSR count). The first kappa shape index (κ1) is 21.4. The van der Waals surface area contributed by atoms with Gasteiger partial charge in [0, 0.05) is 0 Å². The Balaban J connectivity index is 1.71. The van der Waals surface area contributed by atoms with E-state index in [1.165, 1.54) is 9.80 Å². The van der Waals surface area contributed by atoms with Crippen molar-refractivity contribution in [1.82, 2.24) is 19.9 Å². The number of amides is 3. The summed E-state index contributed by atoms with van der Waals surface area (Å²) in [7, 11) is 0. The Morgan fingerprint density at radius 3 is 2.40 bits per heavy atom. The molecule has 0 saturated carbocycles. The van der Waals surface area contributed by atoms with E-state index in [4.69, 9.17) is 0 Å². The number of pyridine rings is 1. The molecule has 160 valence electrons. The highest BCUT2D eigenvalue weighted by molar-refractivity contribution is 5.98. The van der Waals surface area contributed by atoms with E-state index in [1.54, 1.807) is 0 Å². The highest BCUT2D eigenvalue weighted by atomic mass is 19.4. The predicted octanol–water partition coefficient (Wildman–Crippen LogP) is 2.93. The molecule has 1 aliphatic rings. The molecule has 0 radical (unpaired) electrons. The molecule has 2 aromatic rings. The average molecular weight is 426 g/mol. The maximum absolute atomic E-state index is 13.1. The molecule has 3 amide bonds. The Bertz CT molecular complexity index is 918. The van der Waals surface area contributed by atoms with Crippen LogP contribution in [0.3, 0.4) is 0 Å². The molecule has 8 nitrogen and oxygen atoms in total. The number of alkyl halides is 3. The van der Waals surface area contributed by atoms with Crippen LogP contribution < -0.4 is 10.2 Å². The fourth-order valence-electron chi connectivity index (χ4n) is 3.02. The van der Waals surface area contributed by atoms with Crippen LogP contribution >= 0.6 is 0 Å². The van der Waals surface area contributed by atoms with Crippen molar-refractivity contribution < 1.29 is 27.2 Å². The molecule has 0 spiro atoms. The number of hydrogen-bond acceptors (Lipinski definition) is 5. The summed E-state index contributed by atoms with van der Waals surface area (Å²) in [5, 5.41) is 2.43. The molecule has 0 unspecified atom stereocenters. The second-order valence-electron chi connectivity index (χ2n) is 7.01. The van der Waals surface area contributed by atoms with E-state index in [1.807, 2.05) is 13.8 Å². The Kier molecular flexibility index (Phi) is 5.85. The van der Waals surface area contributed by atoms with Crippen molar-refractivity contribution in [1.29, 1.82) is 0 Å². The van der Waals surface area contributed by atoms with Crippen molar-refractivity contribution in [3.05, 3.63) is 42.2 Å². The molecule has 30 heavy (non-hydrogen) atoms. The van der Waals surface area contributed by atoms with Crippen molar-refractivity contribution in [3.63, 3.8) is 0 Å². The summed E-state index contributed by atoms with van der Waals surface area (Å²) in [6, 6.07) is 0.961. The summed E-state index contributed by atoms with van der Waals surface area (Å²) < 4.78 is 50.8. The fourth-order valence-corrected chi connectivity index (χ4v) is 3.02. The number of carbonyl (C=O) groups excluding carboxylic acids is 2. The molecular weight excluding hydrogens is 408 g/mol. The van der Waals surface area contributed by atoms with Crippen LogP contribution in [-0.2, 0) is 11.0 Å². The SMILES string of the molecule is CC(C)[C@H]1CN(c2ncc(F)cn2)C(=O)N1CC(=O)Nc1ccc(C(F)(F)F)nc1. The molecule has 1 saturated heterocycles. The normalized spacial score (nSPS) is 17.0. The Labute approximate surface area is 168 Å². The largest absolute Gasteiger partial charge is 0.433 e. The standard InChI is InChI=1S/C18H18F4N6O2/c1-10(2)13-8-28(16-24-5-11(19)6-25-16)17(30)27(13)9-15(29)26-12-3-4-14(23-7-12)18(20,21)22/h3-7,10,13H,8-9H2,1-2H3,(H,26,29)/t13-/m1/s1. The van der Waals surface area contributed by atoms with Crippen molar-refractivity contribution in [2.75, 3.05) is 23.3 Å². The lowest BCUT2D eigenvalue weighted by molar-refractivity contribution is -0.141. The van der Waals surface area contributed by atoms with Crippen LogP contribution in [0.5, 0.6) is 0 Å². The number of anilines is 2. The third kappa shape index (κ3) is 4.63. The molecule has 0 aliphatic carbocycles. The summed E-state index contributed by atoms with van der Waals surface area (Å²) in [5.74, 6) is -1.24. The molecule has 3 heterocycles. The zero-order chi connectivity index (χ0) is 22.1. The van der Waals surface area contributed by atoms with Gasteiger partial charge in [0.2, 0.25) is 11.9 Å². The molecule has 12 heteroatoms. The average Bonchev–Trinajstić information content (AvgIpc) is 2.99. The van der Waals surface area contributed by atoms with Gasteiger partial charge in [-0.1, -0.05) is 13.8 Å². The van der Waals surface area contributed by atoms with Gasteiger partial charge in [0.05, 0.1) is 36.9 Å². The maximum Gasteiger partial charge on any atom is 0.433 e. The van der Waals surface area contributed by atoms with E-state index in [0.29, 0.717) is 0 Å². The third-order valence-corrected chi connectivity index (χ3v) is 4.52. The van der Waals surface area contributed by atoms with Gasteiger partial charge >= 0.3 is 12.2 Å². The van der Waals surface area contributed by atoms with Crippen molar-refractivity contribution >= 4 is 23.6 Å². The zero-order valence-corrected chi connectivity index (χ0v) is 16.0.